The van der Waals surface area contributed by atoms with Crippen molar-refractivity contribution in [2.24, 2.45) is 0 Å². The summed E-state index contributed by atoms with van der Waals surface area (Å²) in [5, 5.41) is 1.12. The Morgan fingerprint density at radius 2 is 1.74 bits per heavy atom. The van der Waals surface area contributed by atoms with E-state index >= 15 is 0 Å². The van der Waals surface area contributed by atoms with Crippen LogP contribution < -0.4 is 4.90 Å². The molecule has 0 spiro atoms. The van der Waals surface area contributed by atoms with Crippen molar-refractivity contribution < 1.29 is 13.2 Å². The van der Waals surface area contributed by atoms with Gasteiger partial charge in [0.2, 0.25) is 5.91 Å². The summed E-state index contributed by atoms with van der Waals surface area (Å²) < 4.78 is 24.8. The Morgan fingerprint density at radius 3 is 2.48 bits per heavy atom. The highest BCUT2D eigenvalue weighted by Crippen LogP contribution is 2.34. The summed E-state index contributed by atoms with van der Waals surface area (Å²) in [6, 6.07) is 13.7. The average molecular weight is 425 g/mol. The summed E-state index contributed by atoms with van der Waals surface area (Å²) in [6.45, 7) is 0.569. The lowest BCUT2D eigenvalue weighted by Gasteiger charge is -2.43. The normalized spacial score (nSPS) is 24.8. The van der Waals surface area contributed by atoms with Gasteiger partial charge in [0.1, 0.15) is 0 Å². The van der Waals surface area contributed by atoms with E-state index in [2.05, 4.69) is 0 Å². The Hall–Kier alpha value is -1.60. The number of anilines is 1. The van der Waals surface area contributed by atoms with Crippen LogP contribution in [0, 0.1) is 0 Å². The molecule has 142 valence electrons. The molecule has 2 heterocycles. The van der Waals surface area contributed by atoms with Crippen molar-refractivity contribution in [3.63, 3.8) is 0 Å². The summed E-state index contributed by atoms with van der Waals surface area (Å²) in [7, 11) is -3.24. The van der Waals surface area contributed by atoms with Gasteiger partial charge in [0.25, 0.3) is 0 Å². The lowest BCUT2D eigenvalue weighted by molar-refractivity contribution is -0.123. The van der Waals surface area contributed by atoms with E-state index in [9.17, 15) is 13.2 Å². The Morgan fingerprint density at radius 1 is 1.00 bits per heavy atom. The van der Waals surface area contributed by atoms with E-state index in [1.165, 1.54) is 0 Å². The number of carbonyl (C=O) groups excluding carboxylic acids is 1. The van der Waals surface area contributed by atoms with E-state index in [1.807, 2.05) is 23.1 Å². The van der Waals surface area contributed by atoms with Gasteiger partial charge in [-0.3, -0.25) is 9.69 Å². The van der Waals surface area contributed by atoms with Gasteiger partial charge in [-0.2, -0.15) is 0 Å². The van der Waals surface area contributed by atoms with E-state index < -0.39 is 15.9 Å². The Kier molecular flexibility index (Phi) is 4.93. The number of piperazine rings is 1. The minimum atomic E-state index is -3.24. The molecule has 2 aromatic carbocycles. The number of halogens is 2. The van der Waals surface area contributed by atoms with E-state index in [4.69, 9.17) is 23.2 Å². The van der Waals surface area contributed by atoms with Crippen molar-refractivity contribution in [3.8, 4) is 0 Å². The molecule has 8 heteroatoms. The highest BCUT2D eigenvalue weighted by atomic mass is 35.5. The largest absolute Gasteiger partial charge is 0.306 e. The number of amides is 1. The highest BCUT2D eigenvalue weighted by molar-refractivity contribution is 7.91. The smallest absolute Gasteiger partial charge is 0.241 e. The molecule has 0 aliphatic carbocycles. The van der Waals surface area contributed by atoms with Gasteiger partial charge in [-0.15, -0.1) is 0 Å². The molecule has 2 aliphatic rings. The Labute approximate surface area is 168 Å². The first kappa shape index (κ1) is 18.7. The first-order valence-electron chi connectivity index (χ1n) is 8.59. The van der Waals surface area contributed by atoms with Crippen LogP contribution in [0.4, 0.5) is 5.69 Å². The second-order valence-corrected chi connectivity index (χ2v) is 9.95. The second kappa shape index (κ2) is 7.09. The third kappa shape index (κ3) is 3.72. The van der Waals surface area contributed by atoms with Gasteiger partial charge in [-0.1, -0.05) is 47.5 Å². The molecule has 5 nitrogen and oxygen atoms in total. The van der Waals surface area contributed by atoms with Crippen LogP contribution in [0.15, 0.2) is 48.5 Å². The fourth-order valence-corrected chi connectivity index (χ4v) is 6.30. The molecule has 27 heavy (non-hydrogen) atoms. The number of benzene rings is 2. The number of fused-ring (bicyclic) bond motifs is 1. The summed E-state index contributed by atoms with van der Waals surface area (Å²) in [5.74, 6) is -0.149. The maximum absolute atomic E-state index is 13.0. The Bertz CT molecular complexity index is 996. The highest BCUT2D eigenvalue weighted by Gasteiger charge is 2.49. The zero-order chi connectivity index (χ0) is 19.2. The van der Waals surface area contributed by atoms with Gasteiger partial charge in [0.05, 0.1) is 24.1 Å². The van der Waals surface area contributed by atoms with Crippen molar-refractivity contribution in [2.75, 3.05) is 23.0 Å². The summed E-state index contributed by atoms with van der Waals surface area (Å²) in [6.07, 6.45) is 0. The number of rotatable bonds is 3. The summed E-state index contributed by atoms with van der Waals surface area (Å²) >= 11 is 12.3. The quantitative estimate of drug-likeness (QED) is 0.759. The third-order valence-electron chi connectivity index (χ3n) is 5.12. The van der Waals surface area contributed by atoms with E-state index in [-0.39, 0.29) is 30.0 Å². The topological polar surface area (TPSA) is 57.7 Å². The van der Waals surface area contributed by atoms with Crippen molar-refractivity contribution >= 4 is 44.6 Å². The van der Waals surface area contributed by atoms with Crippen LogP contribution in [0.3, 0.4) is 0 Å². The summed E-state index contributed by atoms with van der Waals surface area (Å²) in [5.41, 5.74) is 1.52. The number of sulfone groups is 1. The van der Waals surface area contributed by atoms with E-state index in [0.717, 1.165) is 5.56 Å². The van der Waals surface area contributed by atoms with Crippen molar-refractivity contribution in [2.45, 2.75) is 18.6 Å². The lowest BCUT2D eigenvalue weighted by atomic mass is 10.0. The number of carbonyl (C=O) groups is 1. The van der Waals surface area contributed by atoms with Crippen LogP contribution in [-0.2, 0) is 21.2 Å². The van der Waals surface area contributed by atoms with Crippen molar-refractivity contribution in [1.29, 1.82) is 0 Å². The minimum Gasteiger partial charge on any atom is -0.306 e. The monoisotopic (exact) mass is 424 g/mol. The standard InChI is InChI=1S/C19H18Cl2N2O3S/c20-14-5-3-6-15(8-14)23-18-12-27(25,26)11-17(18)22(10-19(23)24)9-13-4-1-2-7-16(13)21/h1-8,17-18H,9-12H2/t17-,18+/m0/s1. The first-order chi connectivity index (χ1) is 12.8. The molecule has 2 fully saturated rings. The molecule has 2 aromatic rings. The number of hydrogen-bond acceptors (Lipinski definition) is 4. The van der Waals surface area contributed by atoms with Gasteiger partial charge in [0, 0.05) is 28.3 Å². The molecule has 4 rings (SSSR count). The number of hydrogen-bond donors (Lipinski definition) is 0. The maximum atomic E-state index is 13.0. The number of nitrogens with zero attached hydrogens (tertiary/aromatic N) is 2. The van der Waals surface area contributed by atoms with Crippen LogP contribution in [-0.4, -0.2) is 49.4 Å². The van der Waals surface area contributed by atoms with Crippen LogP contribution in [0.5, 0.6) is 0 Å². The molecule has 2 saturated heterocycles. The molecular weight excluding hydrogens is 407 g/mol. The van der Waals surface area contributed by atoms with Gasteiger partial charge in [0.15, 0.2) is 9.84 Å². The maximum Gasteiger partial charge on any atom is 0.241 e. The molecule has 2 aliphatic heterocycles. The van der Waals surface area contributed by atoms with Crippen LogP contribution in [0.1, 0.15) is 5.56 Å². The zero-order valence-corrected chi connectivity index (χ0v) is 16.7. The molecule has 0 radical (unpaired) electrons. The van der Waals surface area contributed by atoms with E-state index in [0.29, 0.717) is 22.3 Å². The van der Waals surface area contributed by atoms with Crippen LogP contribution in [0.25, 0.3) is 0 Å². The lowest BCUT2D eigenvalue weighted by Crippen LogP contribution is -2.61. The van der Waals surface area contributed by atoms with E-state index in [1.54, 1.807) is 35.2 Å². The van der Waals surface area contributed by atoms with Gasteiger partial charge < -0.3 is 4.90 Å². The fourth-order valence-electron chi connectivity index (χ4n) is 3.94. The zero-order valence-electron chi connectivity index (χ0n) is 14.4. The van der Waals surface area contributed by atoms with Crippen LogP contribution in [0.2, 0.25) is 10.0 Å². The molecular formula is C19H18Cl2N2O3S. The molecule has 0 N–H and O–H groups in total. The third-order valence-corrected chi connectivity index (χ3v) is 7.42. The predicted molar refractivity (Wildman–Crippen MR) is 107 cm³/mol. The molecule has 1 amide bonds. The van der Waals surface area contributed by atoms with Gasteiger partial charge in [-0.25, -0.2) is 8.42 Å². The van der Waals surface area contributed by atoms with Crippen LogP contribution >= 0.6 is 23.2 Å². The fraction of sp³-hybridized carbons (Fsp3) is 0.316. The molecule has 0 unspecified atom stereocenters. The van der Waals surface area contributed by atoms with Crippen molar-refractivity contribution in [3.05, 3.63) is 64.1 Å². The summed E-state index contributed by atoms with van der Waals surface area (Å²) in [4.78, 5) is 16.5. The first-order valence-corrected chi connectivity index (χ1v) is 11.2. The predicted octanol–water partition coefficient (Wildman–Crippen LogP) is 3.01. The Balaban J connectivity index is 1.69. The SMILES string of the molecule is O=C1CN(Cc2ccccc2Cl)[C@H]2CS(=O)(=O)C[C@H]2N1c1cccc(Cl)c1. The van der Waals surface area contributed by atoms with Gasteiger partial charge in [-0.05, 0) is 29.8 Å². The molecule has 0 bridgehead atoms. The minimum absolute atomic E-state index is 0.0342. The molecule has 0 saturated carbocycles. The molecule has 2 atom stereocenters. The second-order valence-electron chi connectivity index (χ2n) is 6.95. The van der Waals surface area contributed by atoms with Gasteiger partial charge >= 0.3 is 0 Å². The molecule has 0 aromatic heterocycles. The van der Waals surface area contributed by atoms with Crippen molar-refractivity contribution in [1.82, 2.24) is 4.90 Å². The average Bonchev–Trinajstić information content (AvgIpc) is 2.92.